The largest absolute Gasteiger partial charge is 0.486 e. The van der Waals surface area contributed by atoms with E-state index in [1.54, 1.807) is 29.5 Å². The van der Waals surface area contributed by atoms with Crippen LogP contribution >= 0.6 is 11.3 Å². The molecule has 0 unspecified atom stereocenters. The first kappa shape index (κ1) is 14.3. The molecule has 5 heteroatoms. The average molecular weight is 288 g/mol. The fourth-order valence-electron chi connectivity index (χ4n) is 1.67. The van der Waals surface area contributed by atoms with E-state index in [9.17, 15) is 4.79 Å². The van der Waals surface area contributed by atoms with Crippen LogP contribution in [0, 0.1) is 6.92 Å². The van der Waals surface area contributed by atoms with Crippen molar-refractivity contribution >= 4 is 17.2 Å². The Balaban J connectivity index is 2.07. The second-order valence-electron chi connectivity index (χ2n) is 4.14. The Morgan fingerprint density at radius 3 is 3.00 bits per heavy atom. The summed E-state index contributed by atoms with van der Waals surface area (Å²) in [6.07, 6.45) is 1.64. The van der Waals surface area contributed by atoms with Crippen molar-refractivity contribution in [3.63, 3.8) is 0 Å². The molecule has 0 saturated carbocycles. The van der Waals surface area contributed by atoms with Gasteiger partial charge in [0.25, 0.3) is 5.91 Å². The number of ether oxygens (including phenoxy) is 1. The van der Waals surface area contributed by atoms with Crippen LogP contribution < -0.4 is 10.1 Å². The molecule has 0 spiro atoms. The smallest absolute Gasteiger partial charge is 0.255 e. The summed E-state index contributed by atoms with van der Waals surface area (Å²) in [4.78, 5) is 16.3. The van der Waals surface area contributed by atoms with Gasteiger partial charge in [0, 0.05) is 11.9 Å². The van der Waals surface area contributed by atoms with E-state index in [-0.39, 0.29) is 5.91 Å². The minimum absolute atomic E-state index is 0.171. The minimum Gasteiger partial charge on any atom is -0.486 e. The second-order valence-corrected chi connectivity index (χ2v) is 5.20. The summed E-state index contributed by atoms with van der Waals surface area (Å²) in [6, 6.07) is 7.16. The van der Waals surface area contributed by atoms with E-state index < -0.39 is 0 Å². The Hall–Kier alpha value is -2.14. The molecule has 1 N–H and O–H groups in total. The molecular weight excluding hydrogens is 272 g/mol. The van der Waals surface area contributed by atoms with Crippen LogP contribution in [-0.2, 0) is 6.61 Å². The zero-order valence-corrected chi connectivity index (χ0v) is 12.1. The number of para-hydroxylation sites is 1. The SMILES string of the molecule is C=CCNC(=O)c1ccccc1OCc1csc(C)n1. The molecule has 1 aromatic carbocycles. The van der Waals surface area contributed by atoms with Crippen molar-refractivity contribution in [2.75, 3.05) is 6.54 Å². The van der Waals surface area contributed by atoms with Crippen LogP contribution in [0.5, 0.6) is 5.75 Å². The van der Waals surface area contributed by atoms with E-state index in [1.165, 1.54) is 0 Å². The number of thiazole rings is 1. The molecule has 0 bridgehead atoms. The van der Waals surface area contributed by atoms with Gasteiger partial charge in [-0.15, -0.1) is 17.9 Å². The zero-order valence-electron chi connectivity index (χ0n) is 11.3. The van der Waals surface area contributed by atoms with Crippen LogP contribution in [0.2, 0.25) is 0 Å². The molecule has 104 valence electrons. The predicted octanol–water partition coefficient (Wildman–Crippen LogP) is 2.95. The molecule has 2 rings (SSSR count). The Labute approximate surface area is 122 Å². The van der Waals surface area contributed by atoms with Crippen molar-refractivity contribution in [3.8, 4) is 5.75 Å². The van der Waals surface area contributed by atoms with Gasteiger partial charge >= 0.3 is 0 Å². The van der Waals surface area contributed by atoms with Gasteiger partial charge < -0.3 is 10.1 Å². The lowest BCUT2D eigenvalue weighted by atomic mass is 10.2. The quantitative estimate of drug-likeness (QED) is 0.831. The molecule has 4 nitrogen and oxygen atoms in total. The number of hydrogen-bond acceptors (Lipinski definition) is 4. The molecular formula is C15H16N2O2S. The van der Waals surface area contributed by atoms with Gasteiger partial charge in [-0.05, 0) is 19.1 Å². The summed E-state index contributed by atoms with van der Waals surface area (Å²) in [5, 5.41) is 5.70. The van der Waals surface area contributed by atoms with Gasteiger partial charge in [-0.25, -0.2) is 4.98 Å². The highest BCUT2D eigenvalue weighted by atomic mass is 32.1. The number of carbonyl (C=O) groups excluding carboxylic acids is 1. The molecule has 0 aliphatic rings. The molecule has 1 aromatic heterocycles. The summed E-state index contributed by atoms with van der Waals surface area (Å²) in [5.74, 6) is 0.384. The third kappa shape index (κ3) is 3.68. The highest BCUT2D eigenvalue weighted by Crippen LogP contribution is 2.19. The Bertz CT molecular complexity index is 607. The van der Waals surface area contributed by atoms with Crippen LogP contribution in [0.3, 0.4) is 0 Å². The average Bonchev–Trinajstić information content (AvgIpc) is 2.88. The molecule has 0 aliphatic carbocycles. The van der Waals surface area contributed by atoms with Gasteiger partial charge in [-0.1, -0.05) is 18.2 Å². The van der Waals surface area contributed by atoms with Crippen LogP contribution in [-0.4, -0.2) is 17.4 Å². The van der Waals surface area contributed by atoms with Crippen LogP contribution in [0.25, 0.3) is 0 Å². The zero-order chi connectivity index (χ0) is 14.4. The maximum Gasteiger partial charge on any atom is 0.255 e. The Kier molecular flexibility index (Phi) is 4.90. The van der Waals surface area contributed by atoms with E-state index in [4.69, 9.17) is 4.74 Å². The summed E-state index contributed by atoms with van der Waals surface area (Å²) in [6.45, 7) is 6.31. The molecule has 2 aromatic rings. The lowest BCUT2D eigenvalue weighted by molar-refractivity contribution is 0.0953. The Morgan fingerprint density at radius 2 is 2.30 bits per heavy atom. The highest BCUT2D eigenvalue weighted by molar-refractivity contribution is 7.09. The van der Waals surface area contributed by atoms with Crippen LogP contribution in [0.15, 0.2) is 42.3 Å². The lowest BCUT2D eigenvalue weighted by Crippen LogP contribution is -2.23. The van der Waals surface area contributed by atoms with Gasteiger partial charge in [0.15, 0.2) is 0 Å². The number of rotatable bonds is 6. The number of benzene rings is 1. The number of hydrogen-bond donors (Lipinski definition) is 1. The molecule has 0 aliphatic heterocycles. The standard InChI is InChI=1S/C15H16N2O2S/c1-3-8-16-15(18)13-6-4-5-7-14(13)19-9-12-10-20-11(2)17-12/h3-7,10H,1,8-9H2,2H3,(H,16,18). The van der Waals surface area contributed by atoms with E-state index >= 15 is 0 Å². The maximum atomic E-state index is 12.0. The van der Waals surface area contributed by atoms with Gasteiger partial charge in [0.2, 0.25) is 0 Å². The molecule has 0 saturated heterocycles. The van der Waals surface area contributed by atoms with Crippen molar-refractivity contribution in [2.45, 2.75) is 13.5 Å². The van der Waals surface area contributed by atoms with Crippen molar-refractivity contribution in [3.05, 3.63) is 58.6 Å². The van der Waals surface area contributed by atoms with E-state index in [2.05, 4.69) is 16.9 Å². The van der Waals surface area contributed by atoms with Crippen molar-refractivity contribution in [2.24, 2.45) is 0 Å². The second kappa shape index (κ2) is 6.86. The van der Waals surface area contributed by atoms with E-state index in [1.807, 2.05) is 24.4 Å². The highest BCUT2D eigenvalue weighted by Gasteiger charge is 2.11. The summed E-state index contributed by atoms with van der Waals surface area (Å²) < 4.78 is 5.70. The van der Waals surface area contributed by atoms with Crippen LogP contribution in [0.1, 0.15) is 21.1 Å². The first-order valence-corrected chi connectivity index (χ1v) is 7.10. The summed E-state index contributed by atoms with van der Waals surface area (Å²) in [5.41, 5.74) is 1.38. The van der Waals surface area contributed by atoms with Gasteiger partial charge in [-0.2, -0.15) is 0 Å². The first-order valence-electron chi connectivity index (χ1n) is 6.22. The third-order valence-corrected chi connectivity index (χ3v) is 3.40. The monoisotopic (exact) mass is 288 g/mol. The van der Waals surface area contributed by atoms with Gasteiger partial charge in [0.05, 0.1) is 16.3 Å². The van der Waals surface area contributed by atoms with Crippen molar-refractivity contribution < 1.29 is 9.53 Å². The van der Waals surface area contributed by atoms with Gasteiger partial charge in [-0.3, -0.25) is 4.79 Å². The van der Waals surface area contributed by atoms with Crippen LogP contribution in [0.4, 0.5) is 0 Å². The summed E-state index contributed by atoms with van der Waals surface area (Å²) in [7, 11) is 0. The molecule has 1 amide bonds. The van der Waals surface area contributed by atoms with Crippen molar-refractivity contribution in [1.29, 1.82) is 0 Å². The third-order valence-electron chi connectivity index (χ3n) is 2.58. The summed E-state index contributed by atoms with van der Waals surface area (Å²) >= 11 is 1.58. The normalized spacial score (nSPS) is 10.1. The fraction of sp³-hybridized carbons (Fsp3) is 0.200. The molecule has 20 heavy (non-hydrogen) atoms. The number of nitrogens with one attached hydrogen (secondary N) is 1. The lowest BCUT2D eigenvalue weighted by Gasteiger charge is -2.10. The fourth-order valence-corrected chi connectivity index (χ4v) is 2.26. The van der Waals surface area contributed by atoms with E-state index in [0.717, 1.165) is 10.7 Å². The molecule has 0 atom stereocenters. The van der Waals surface area contributed by atoms with Gasteiger partial charge in [0.1, 0.15) is 12.4 Å². The van der Waals surface area contributed by atoms with Crippen molar-refractivity contribution in [1.82, 2.24) is 10.3 Å². The van der Waals surface area contributed by atoms with E-state index in [0.29, 0.717) is 24.5 Å². The number of nitrogens with zero attached hydrogens (tertiary/aromatic N) is 1. The maximum absolute atomic E-state index is 12.0. The minimum atomic E-state index is -0.171. The number of aryl methyl sites for hydroxylation is 1. The molecule has 1 heterocycles. The number of carbonyl (C=O) groups is 1. The first-order chi connectivity index (χ1) is 9.70. The number of amides is 1. The molecule has 0 radical (unpaired) electrons. The Morgan fingerprint density at radius 1 is 1.50 bits per heavy atom. The number of aromatic nitrogens is 1. The predicted molar refractivity (Wildman–Crippen MR) is 80.2 cm³/mol. The topological polar surface area (TPSA) is 51.2 Å². The molecule has 0 fully saturated rings.